The third kappa shape index (κ3) is 1.76. The van der Waals surface area contributed by atoms with E-state index in [0.29, 0.717) is 11.3 Å². The van der Waals surface area contributed by atoms with E-state index in [0.717, 1.165) is 26.7 Å². The molecule has 22 heavy (non-hydrogen) atoms. The fourth-order valence-electron chi connectivity index (χ4n) is 2.88. The molecule has 0 atom stereocenters. The van der Waals surface area contributed by atoms with Gasteiger partial charge in [0.25, 0.3) is 0 Å². The Morgan fingerprint density at radius 1 is 1.23 bits per heavy atom. The van der Waals surface area contributed by atoms with Crippen molar-refractivity contribution in [1.29, 1.82) is 0 Å². The molecule has 108 valence electrons. The Bertz CT molecular complexity index is 1020. The van der Waals surface area contributed by atoms with E-state index < -0.39 is 5.97 Å². The van der Waals surface area contributed by atoms with Crippen LogP contribution in [0, 0.1) is 6.92 Å². The second kappa shape index (κ2) is 4.68. The number of rotatable bonds is 2. The summed E-state index contributed by atoms with van der Waals surface area (Å²) in [6.45, 7) is 1.82. The van der Waals surface area contributed by atoms with Crippen molar-refractivity contribution in [2.24, 2.45) is 0 Å². The van der Waals surface area contributed by atoms with Gasteiger partial charge < -0.3 is 10.1 Å². The number of para-hydroxylation sites is 1. The Labute approximate surface area is 130 Å². The number of aromatic nitrogens is 2. The first-order valence-corrected chi connectivity index (χ1v) is 7.73. The molecule has 0 radical (unpaired) electrons. The minimum atomic E-state index is -0.998. The predicted octanol–water partition coefficient (Wildman–Crippen LogP) is 4.45. The van der Waals surface area contributed by atoms with Gasteiger partial charge in [-0.15, -0.1) is 11.3 Å². The second-order valence-electron chi connectivity index (χ2n) is 5.14. The van der Waals surface area contributed by atoms with Crippen LogP contribution in [0.1, 0.15) is 16.1 Å². The summed E-state index contributed by atoms with van der Waals surface area (Å²) in [7, 11) is 0. The molecule has 4 aromatic rings. The topological polar surface area (TPSA) is 66.0 Å². The number of aryl methyl sites for hydroxylation is 1. The van der Waals surface area contributed by atoms with E-state index in [1.807, 2.05) is 48.7 Å². The van der Waals surface area contributed by atoms with Gasteiger partial charge in [0.15, 0.2) is 5.69 Å². The summed E-state index contributed by atoms with van der Waals surface area (Å²) in [5, 5.41) is 13.4. The fraction of sp³-hybridized carbons (Fsp3) is 0.0588. The van der Waals surface area contributed by atoms with Crippen molar-refractivity contribution in [3.05, 3.63) is 53.0 Å². The van der Waals surface area contributed by atoms with Gasteiger partial charge >= 0.3 is 5.97 Å². The molecule has 5 heteroatoms. The number of aromatic amines is 1. The van der Waals surface area contributed by atoms with E-state index in [4.69, 9.17) is 0 Å². The van der Waals surface area contributed by atoms with Crippen molar-refractivity contribution in [2.45, 2.75) is 6.92 Å². The summed E-state index contributed by atoms with van der Waals surface area (Å²) in [6, 6.07) is 11.8. The summed E-state index contributed by atoms with van der Waals surface area (Å²) in [5.41, 5.74) is 3.39. The molecular formula is C17H12N2O2S. The lowest BCUT2D eigenvalue weighted by Gasteiger charge is -2.07. The molecule has 4 nitrogen and oxygen atoms in total. The van der Waals surface area contributed by atoms with Gasteiger partial charge in [0.2, 0.25) is 0 Å². The normalized spacial score (nSPS) is 11.3. The van der Waals surface area contributed by atoms with Gasteiger partial charge in [-0.3, -0.25) is 0 Å². The van der Waals surface area contributed by atoms with E-state index >= 15 is 0 Å². The molecule has 0 unspecified atom stereocenters. The molecule has 0 aliphatic heterocycles. The van der Waals surface area contributed by atoms with E-state index in [1.54, 1.807) is 11.3 Å². The molecule has 0 aliphatic carbocycles. The number of carbonyl (C=O) groups is 1. The van der Waals surface area contributed by atoms with Crippen molar-refractivity contribution in [2.75, 3.05) is 0 Å². The van der Waals surface area contributed by atoms with Gasteiger partial charge in [0.1, 0.15) is 5.69 Å². The van der Waals surface area contributed by atoms with E-state index in [9.17, 15) is 9.90 Å². The maximum Gasteiger partial charge on any atom is 0.354 e. The standard InChI is InChI=1S/C17H12N2O2S/c1-9-13-10-5-2-3-6-11(10)18-16(13)15(12-7-4-8-22-12)19-14(9)17(20)21/h2-8,18H,1H3,(H,20,21). The van der Waals surface area contributed by atoms with Gasteiger partial charge in [0.05, 0.1) is 10.4 Å². The molecule has 0 saturated carbocycles. The lowest BCUT2D eigenvalue weighted by molar-refractivity contribution is 0.0690. The molecule has 4 rings (SSSR count). The number of H-pyrrole nitrogens is 1. The number of fused-ring (bicyclic) bond motifs is 3. The smallest absolute Gasteiger partial charge is 0.354 e. The molecule has 0 saturated heterocycles. The Morgan fingerprint density at radius 2 is 2.05 bits per heavy atom. The monoisotopic (exact) mass is 308 g/mol. The molecule has 0 aliphatic rings. The summed E-state index contributed by atoms with van der Waals surface area (Å²) >= 11 is 1.55. The second-order valence-corrected chi connectivity index (χ2v) is 6.08. The van der Waals surface area contributed by atoms with E-state index in [-0.39, 0.29) is 5.69 Å². The first-order valence-electron chi connectivity index (χ1n) is 6.85. The van der Waals surface area contributed by atoms with Crippen LogP contribution in [0.3, 0.4) is 0 Å². The zero-order valence-corrected chi connectivity index (χ0v) is 12.6. The highest BCUT2D eigenvalue weighted by molar-refractivity contribution is 7.13. The fourth-order valence-corrected chi connectivity index (χ4v) is 3.60. The number of hydrogen-bond donors (Lipinski definition) is 2. The number of carboxylic acid groups (broad SMARTS) is 1. The van der Waals surface area contributed by atoms with Crippen molar-refractivity contribution in [3.8, 4) is 10.6 Å². The Hall–Kier alpha value is -2.66. The SMILES string of the molecule is Cc1c(C(=O)O)nc(-c2cccs2)c2[nH]c3ccccc3c12. The van der Waals surface area contributed by atoms with Crippen LogP contribution in [0.15, 0.2) is 41.8 Å². The van der Waals surface area contributed by atoms with Crippen molar-refractivity contribution >= 4 is 39.1 Å². The highest BCUT2D eigenvalue weighted by Crippen LogP contribution is 2.36. The number of thiophene rings is 1. The van der Waals surface area contributed by atoms with E-state index in [2.05, 4.69) is 9.97 Å². The zero-order chi connectivity index (χ0) is 15.3. The number of carboxylic acids is 1. The van der Waals surface area contributed by atoms with Crippen LogP contribution in [0.25, 0.3) is 32.4 Å². The van der Waals surface area contributed by atoms with Crippen molar-refractivity contribution in [3.63, 3.8) is 0 Å². The Morgan fingerprint density at radius 3 is 2.77 bits per heavy atom. The minimum absolute atomic E-state index is 0.112. The zero-order valence-electron chi connectivity index (χ0n) is 11.8. The number of pyridine rings is 1. The first-order chi connectivity index (χ1) is 10.7. The molecule has 0 bridgehead atoms. The summed E-state index contributed by atoms with van der Waals surface area (Å²) < 4.78 is 0. The predicted molar refractivity (Wildman–Crippen MR) is 88.6 cm³/mol. The van der Waals surface area contributed by atoms with Crippen LogP contribution in [0.2, 0.25) is 0 Å². The summed E-state index contributed by atoms with van der Waals surface area (Å²) in [5.74, 6) is -0.998. The van der Waals surface area contributed by atoms with Crippen LogP contribution in [-0.2, 0) is 0 Å². The average Bonchev–Trinajstić information content (AvgIpc) is 3.14. The van der Waals surface area contributed by atoms with Gasteiger partial charge in [-0.1, -0.05) is 24.3 Å². The average molecular weight is 308 g/mol. The Balaban J connectivity index is 2.24. The first kappa shape index (κ1) is 13.0. The summed E-state index contributed by atoms with van der Waals surface area (Å²) in [4.78, 5) is 20.3. The quantitative estimate of drug-likeness (QED) is 0.575. The van der Waals surface area contributed by atoms with Crippen molar-refractivity contribution in [1.82, 2.24) is 9.97 Å². The highest BCUT2D eigenvalue weighted by atomic mass is 32.1. The molecule has 3 aromatic heterocycles. The molecular weight excluding hydrogens is 296 g/mol. The van der Waals surface area contributed by atoms with Gasteiger partial charge in [-0.25, -0.2) is 9.78 Å². The van der Waals surface area contributed by atoms with Crippen LogP contribution in [0.5, 0.6) is 0 Å². The van der Waals surface area contributed by atoms with Crippen LogP contribution in [0.4, 0.5) is 0 Å². The van der Waals surface area contributed by atoms with Crippen LogP contribution in [-0.4, -0.2) is 21.0 Å². The number of nitrogens with one attached hydrogen (secondary N) is 1. The lowest BCUT2D eigenvalue weighted by Crippen LogP contribution is -2.05. The Kier molecular flexibility index (Phi) is 2.77. The molecule has 0 fully saturated rings. The number of benzene rings is 1. The third-order valence-corrected chi connectivity index (χ3v) is 4.73. The van der Waals surface area contributed by atoms with Gasteiger partial charge in [-0.2, -0.15) is 0 Å². The minimum Gasteiger partial charge on any atom is -0.477 e. The largest absolute Gasteiger partial charge is 0.477 e. The summed E-state index contributed by atoms with van der Waals surface area (Å²) in [6.07, 6.45) is 0. The highest BCUT2D eigenvalue weighted by Gasteiger charge is 2.20. The molecule has 3 heterocycles. The third-order valence-electron chi connectivity index (χ3n) is 3.85. The van der Waals surface area contributed by atoms with Crippen molar-refractivity contribution < 1.29 is 9.90 Å². The lowest BCUT2D eigenvalue weighted by atomic mass is 10.0. The maximum absolute atomic E-state index is 11.6. The molecule has 1 aromatic carbocycles. The van der Waals surface area contributed by atoms with Crippen LogP contribution < -0.4 is 0 Å². The number of aromatic carboxylic acids is 1. The molecule has 0 spiro atoms. The number of nitrogens with zero attached hydrogens (tertiary/aromatic N) is 1. The molecule has 0 amide bonds. The molecule has 2 N–H and O–H groups in total. The van der Waals surface area contributed by atoms with Gasteiger partial charge in [0, 0.05) is 16.3 Å². The van der Waals surface area contributed by atoms with Crippen LogP contribution >= 0.6 is 11.3 Å². The number of hydrogen-bond acceptors (Lipinski definition) is 3. The van der Waals surface area contributed by atoms with E-state index in [1.165, 1.54) is 0 Å². The van der Waals surface area contributed by atoms with Gasteiger partial charge in [-0.05, 0) is 30.0 Å². The maximum atomic E-state index is 11.6.